The van der Waals surface area contributed by atoms with E-state index in [1.807, 2.05) is 0 Å². The van der Waals surface area contributed by atoms with E-state index in [-0.39, 0.29) is 5.91 Å². The predicted molar refractivity (Wildman–Crippen MR) is 103 cm³/mol. The molecule has 1 aliphatic heterocycles. The smallest absolute Gasteiger partial charge is 0.239 e. The molecule has 3 heterocycles. The average molecular weight is 370 g/mol. The van der Waals surface area contributed by atoms with Crippen LogP contribution in [0.3, 0.4) is 0 Å². The molecule has 0 spiro atoms. The summed E-state index contributed by atoms with van der Waals surface area (Å²) >= 11 is 0. The van der Waals surface area contributed by atoms with Crippen molar-refractivity contribution in [1.82, 2.24) is 19.7 Å². The quantitative estimate of drug-likeness (QED) is 0.766. The number of hydrogen-bond acceptors (Lipinski definition) is 4. The van der Waals surface area contributed by atoms with E-state index in [0.29, 0.717) is 34.3 Å². The summed E-state index contributed by atoms with van der Waals surface area (Å²) in [5.41, 5.74) is 0.978. The highest BCUT2D eigenvalue weighted by Crippen LogP contribution is 2.27. The van der Waals surface area contributed by atoms with E-state index in [0.717, 1.165) is 30.6 Å². The third kappa shape index (κ3) is 3.98. The van der Waals surface area contributed by atoms with Gasteiger partial charge in [0.25, 0.3) is 0 Å². The first-order chi connectivity index (χ1) is 14.3. The number of halogens is 1. The number of likely N-dealkylation sites (tertiary alicyclic amines) is 1. The molecule has 1 aromatic carbocycles. The van der Waals surface area contributed by atoms with Crippen LogP contribution in [-0.4, -0.2) is 45.2 Å². The molecule has 7 heteroatoms. The minimum Gasteiger partial charge on any atom is -0.310 e. The van der Waals surface area contributed by atoms with Crippen molar-refractivity contribution in [3.8, 4) is 11.1 Å². The number of aryl methyl sites for hydroxylation is 1. The summed E-state index contributed by atoms with van der Waals surface area (Å²) in [6, 6.07) is 4.66. The molecule has 140 valence electrons. The van der Waals surface area contributed by atoms with Gasteiger partial charge in [0.1, 0.15) is 11.6 Å². The van der Waals surface area contributed by atoms with Gasteiger partial charge in [0.05, 0.1) is 12.7 Å². The topological polar surface area (TPSA) is 63.1 Å². The van der Waals surface area contributed by atoms with Gasteiger partial charge in [-0.25, -0.2) is 9.37 Å². The van der Waals surface area contributed by atoms with Crippen LogP contribution in [0, 0.1) is 5.82 Å². The molecule has 6 nitrogen and oxygen atoms in total. The summed E-state index contributed by atoms with van der Waals surface area (Å²) in [5.74, 6) is -0.290. The Bertz CT molecular complexity index is 1080. The van der Waals surface area contributed by atoms with Gasteiger partial charge in [0, 0.05) is 34.4 Å². The van der Waals surface area contributed by atoms with Crippen LogP contribution in [0.2, 0.25) is 0 Å². The third-order valence-electron chi connectivity index (χ3n) is 4.79. The van der Waals surface area contributed by atoms with E-state index in [2.05, 4.69) is 20.3 Å². The Hall–Kier alpha value is -2.80. The molecule has 0 atom stereocenters. The molecular weight excluding hydrogens is 345 g/mol. The zero-order valence-electron chi connectivity index (χ0n) is 17.8. The number of anilines is 1. The monoisotopic (exact) mass is 370 g/mol. The molecule has 1 amide bonds. The van der Waals surface area contributed by atoms with Crippen LogP contribution in [0.15, 0.2) is 36.8 Å². The zero-order chi connectivity index (χ0) is 21.3. The first-order valence-corrected chi connectivity index (χ1v) is 8.97. The Labute approximate surface area is 161 Å². The van der Waals surface area contributed by atoms with Gasteiger partial charge in [0.15, 0.2) is 0 Å². The maximum absolute atomic E-state index is 14.6. The maximum atomic E-state index is 14.6. The van der Waals surface area contributed by atoms with Gasteiger partial charge in [-0.3, -0.25) is 14.4 Å². The number of carbonyl (C=O) groups is 1. The van der Waals surface area contributed by atoms with Gasteiger partial charge in [-0.15, -0.1) is 0 Å². The molecule has 3 aromatic rings. The highest BCUT2D eigenvalue weighted by atomic mass is 19.1. The number of pyridine rings is 1. The van der Waals surface area contributed by atoms with Crippen molar-refractivity contribution >= 4 is 22.5 Å². The van der Waals surface area contributed by atoms with Crippen molar-refractivity contribution in [2.45, 2.75) is 19.3 Å². The number of rotatable bonds is 4. The fourth-order valence-corrected chi connectivity index (χ4v) is 3.42. The summed E-state index contributed by atoms with van der Waals surface area (Å²) in [6.45, 7) is -0.264. The second kappa shape index (κ2) is 7.44. The van der Waals surface area contributed by atoms with E-state index >= 15 is 0 Å². The predicted octanol–water partition coefficient (Wildman–Crippen LogP) is 3.20. The zero-order valence-corrected chi connectivity index (χ0v) is 14.8. The Morgan fingerprint density at radius 2 is 2.07 bits per heavy atom. The first-order valence-electron chi connectivity index (χ1n) is 10.5. The Morgan fingerprint density at radius 1 is 1.22 bits per heavy atom. The van der Waals surface area contributed by atoms with Crippen molar-refractivity contribution in [3.63, 3.8) is 0 Å². The summed E-state index contributed by atoms with van der Waals surface area (Å²) in [7, 11) is 0. The number of hydrogen-bond donors (Lipinski definition) is 1. The fraction of sp³-hybridized carbons (Fsp3) is 0.350. The first kappa shape index (κ1) is 14.3. The molecule has 4 rings (SSSR count). The molecule has 1 N–H and O–H groups in total. The number of nitrogens with one attached hydrogen (secondary N) is 1. The van der Waals surface area contributed by atoms with Crippen LogP contribution in [0.4, 0.5) is 10.2 Å². The number of piperidine rings is 1. The molecule has 0 saturated carbocycles. The molecular formula is C20H22FN5O. The minimum absolute atomic E-state index is 0.153. The van der Waals surface area contributed by atoms with E-state index in [9.17, 15) is 9.18 Å². The van der Waals surface area contributed by atoms with Crippen LogP contribution in [0.5, 0.6) is 0 Å². The third-order valence-corrected chi connectivity index (χ3v) is 4.79. The number of aromatic nitrogens is 3. The normalized spacial score (nSPS) is 17.3. The lowest BCUT2D eigenvalue weighted by Crippen LogP contribution is -2.36. The number of amides is 1. The van der Waals surface area contributed by atoms with Gasteiger partial charge in [-0.2, -0.15) is 5.10 Å². The lowest BCUT2D eigenvalue weighted by atomic mass is 10.0. The molecule has 1 fully saturated rings. The number of benzene rings is 1. The number of carbonyl (C=O) groups excluding carboxylic acids is 1. The second-order valence-corrected chi connectivity index (χ2v) is 6.81. The Balaban J connectivity index is 1.57. The van der Waals surface area contributed by atoms with Crippen molar-refractivity contribution in [2.75, 3.05) is 25.0 Å². The van der Waals surface area contributed by atoms with Crippen molar-refractivity contribution in [1.29, 1.82) is 0 Å². The van der Waals surface area contributed by atoms with E-state index in [1.54, 1.807) is 12.1 Å². The average Bonchev–Trinajstić information content (AvgIpc) is 3.19. The molecule has 0 bridgehead atoms. The molecule has 27 heavy (non-hydrogen) atoms. The summed E-state index contributed by atoms with van der Waals surface area (Å²) in [5, 5.41) is 7.49. The molecule has 1 aliphatic rings. The Morgan fingerprint density at radius 3 is 2.85 bits per heavy atom. The molecule has 0 radical (unpaired) electrons. The summed E-state index contributed by atoms with van der Waals surface area (Å²) in [4.78, 5) is 18.6. The lowest BCUT2D eigenvalue weighted by molar-refractivity contribution is -0.117. The van der Waals surface area contributed by atoms with Gasteiger partial charge < -0.3 is 5.32 Å². The number of fused-ring (bicyclic) bond motifs is 1. The minimum atomic E-state index is -2.40. The van der Waals surface area contributed by atoms with E-state index in [4.69, 9.17) is 4.11 Å². The van der Waals surface area contributed by atoms with Gasteiger partial charge >= 0.3 is 0 Å². The standard InChI is InChI=1S/C20H22FN5O/c1-25-12-16(10-23-25)14-7-15-9-19(22-11-17(15)18(21)8-14)24-20(27)13-26-5-3-2-4-6-26/h7-12H,2-6,13H2,1H3,(H,22,24,27)/i1D3. The lowest BCUT2D eigenvalue weighted by Gasteiger charge is -2.25. The van der Waals surface area contributed by atoms with Crippen molar-refractivity contribution < 1.29 is 13.3 Å². The fourth-order valence-electron chi connectivity index (χ4n) is 3.42. The summed E-state index contributed by atoms with van der Waals surface area (Å²) in [6.07, 6.45) is 7.52. The van der Waals surface area contributed by atoms with Crippen LogP contribution in [0.25, 0.3) is 21.9 Å². The summed E-state index contributed by atoms with van der Waals surface area (Å²) < 4.78 is 37.7. The van der Waals surface area contributed by atoms with Crippen LogP contribution < -0.4 is 5.32 Å². The van der Waals surface area contributed by atoms with E-state index in [1.165, 1.54) is 31.1 Å². The molecule has 1 saturated heterocycles. The van der Waals surface area contributed by atoms with Gasteiger partial charge in [-0.05, 0) is 55.1 Å². The van der Waals surface area contributed by atoms with Gasteiger partial charge in [0.2, 0.25) is 5.91 Å². The van der Waals surface area contributed by atoms with Gasteiger partial charge in [-0.1, -0.05) is 6.42 Å². The molecule has 2 aromatic heterocycles. The largest absolute Gasteiger partial charge is 0.310 e. The SMILES string of the molecule is [2H]C([2H])([2H])n1cc(-c2cc(F)c3cnc(NC(=O)CN4CCCCC4)cc3c2)cn1. The number of nitrogens with zero attached hydrogens (tertiary/aromatic N) is 4. The molecule has 0 unspecified atom stereocenters. The van der Waals surface area contributed by atoms with Crippen molar-refractivity contribution in [3.05, 3.63) is 42.6 Å². The van der Waals surface area contributed by atoms with E-state index < -0.39 is 12.8 Å². The molecule has 0 aliphatic carbocycles. The Kier molecular flexibility index (Phi) is 3.94. The second-order valence-electron chi connectivity index (χ2n) is 6.81. The van der Waals surface area contributed by atoms with Crippen LogP contribution in [-0.2, 0) is 11.8 Å². The maximum Gasteiger partial charge on any atom is 0.239 e. The van der Waals surface area contributed by atoms with Crippen molar-refractivity contribution in [2.24, 2.45) is 6.98 Å². The van der Waals surface area contributed by atoms with Crippen LogP contribution >= 0.6 is 0 Å². The highest BCUT2D eigenvalue weighted by Gasteiger charge is 2.15. The highest BCUT2D eigenvalue weighted by molar-refractivity contribution is 5.95. The van der Waals surface area contributed by atoms with Crippen LogP contribution in [0.1, 0.15) is 23.4 Å².